The molecule has 1 unspecified atom stereocenters. The molecular formula is C11H14N4S. The van der Waals surface area contributed by atoms with E-state index in [0.717, 1.165) is 31.0 Å². The molecule has 1 N–H and O–H groups in total. The molecule has 0 radical (unpaired) electrons. The molecule has 1 aliphatic heterocycles. The van der Waals surface area contributed by atoms with Gasteiger partial charge in [-0.25, -0.2) is 9.97 Å². The van der Waals surface area contributed by atoms with E-state index in [1.54, 1.807) is 11.3 Å². The van der Waals surface area contributed by atoms with E-state index in [4.69, 9.17) is 0 Å². The Kier molecular flexibility index (Phi) is 2.40. The summed E-state index contributed by atoms with van der Waals surface area (Å²) in [5.74, 6) is 0.989. The number of nitrogens with zero attached hydrogens (tertiary/aromatic N) is 3. The van der Waals surface area contributed by atoms with Gasteiger partial charge in [-0.15, -0.1) is 11.3 Å². The van der Waals surface area contributed by atoms with E-state index in [2.05, 4.69) is 33.0 Å². The molecule has 0 aromatic carbocycles. The number of hydrogen-bond donors (Lipinski definition) is 1. The van der Waals surface area contributed by atoms with Crippen LogP contribution in [0.25, 0.3) is 0 Å². The van der Waals surface area contributed by atoms with Crippen LogP contribution in [-0.2, 0) is 6.42 Å². The summed E-state index contributed by atoms with van der Waals surface area (Å²) in [6.45, 7) is 3.11. The van der Waals surface area contributed by atoms with Crippen molar-refractivity contribution in [2.75, 3.05) is 11.9 Å². The summed E-state index contributed by atoms with van der Waals surface area (Å²) < 4.78 is 2.22. The number of thiazole rings is 1. The first-order valence-corrected chi connectivity index (χ1v) is 6.47. The second-order valence-corrected chi connectivity index (χ2v) is 4.84. The summed E-state index contributed by atoms with van der Waals surface area (Å²) in [6, 6.07) is 0.365. The van der Waals surface area contributed by atoms with E-state index < -0.39 is 0 Å². The third kappa shape index (κ3) is 1.51. The molecule has 3 rings (SSSR count). The maximum atomic E-state index is 4.56. The second-order valence-electron chi connectivity index (χ2n) is 3.92. The first-order valence-electron chi connectivity index (χ1n) is 5.59. The van der Waals surface area contributed by atoms with Crippen LogP contribution in [0.2, 0.25) is 0 Å². The number of rotatable bonds is 2. The fourth-order valence-corrected chi connectivity index (χ4v) is 2.86. The van der Waals surface area contributed by atoms with Crippen molar-refractivity contribution < 1.29 is 0 Å². The zero-order chi connectivity index (χ0) is 11.0. The zero-order valence-corrected chi connectivity index (χ0v) is 10.00. The SMILES string of the molecule is CCc1cn2c(n1)NCCC2c1nccs1. The van der Waals surface area contributed by atoms with Gasteiger partial charge in [0.25, 0.3) is 0 Å². The van der Waals surface area contributed by atoms with Gasteiger partial charge in [-0.1, -0.05) is 6.92 Å². The minimum Gasteiger partial charge on any atom is -0.356 e. The lowest BCUT2D eigenvalue weighted by Crippen LogP contribution is -2.23. The fourth-order valence-electron chi connectivity index (χ4n) is 2.08. The summed E-state index contributed by atoms with van der Waals surface area (Å²) in [7, 11) is 0. The smallest absolute Gasteiger partial charge is 0.203 e. The van der Waals surface area contributed by atoms with Crippen LogP contribution in [0.5, 0.6) is 0 Å². The summed E-state index contributed by atoms with van der Waals surface area (Å²) in [4.78, 5) is 8.97. The molecule has 1 atom stereocenters. The molecule has 0 bridgehead atoms. The standard InChI is InChI=1S/C11H14N4S/c1-2-8-7-15-9(10-12-5-6-16-10)3-4-13-11(15)14-8/h5-7,9H,2-4H2,1H3,(H,13,14). The van der Waals surface area contributed by atoms with E-state index in [-0.39, 0.29) is 0 Å². The second kappa shape index (κ2) is 3.90. The van der Waals surface area contributed by atoms with E-state index >= 15 is 0 Å². The molecule has 0 saturated heterocycles. The van der Waals surface area contributed by atoms with Crippen LogP contribution in [0, 0.1) is 0 Å². The molecule has 4 nitrogen and oxygen atoms in total. The predicted molar refractivity (Wildman–Crippen MR) is 65.0 cm³/mol. The lowest BCUT2D eigenvalue weighted by atomic mass is 10.2. The molecule has 3 heterocycles. The van der Waals surface area contributed by atoms with Gasteiger partial charge in [0.1, 0.15) is 5.01 Å². The third-order valence-electron chi connectivity index (χ3n) is 2.92. The lowest BCUT2D eigenvalue weighted by Gasteiger charge is -2.24. The monoisotopic (exact) mass is 234 g/mol. The van der Waals surface area contributed by atoms with Crippen LogP contribution >= 0.6 is 11.3 Å². The van der Waals surface area contributed by atoms with Gasteiger partial charge in [-0.3, -0.25) is 0 Å². The van der Waals surface area contributed by atoms with Gasteiger partial charge >= 0.3 is 0 Å². The molecule has 1 aliphatic rings. The number of anilines is 1. The average molecular weight is 234 g/mol. The van der Waals surface area contributed by atoms with Crippen molar-refractivity contribution >= 4 is 17.3 Å². The Balaban J connectivity index is 2.02. The highest BCUT2D eigenvalue weighted by Crippen LogP contribution is 2.30. The summed E-state index contributed by atoms with van der Waals surface area (Å²) in [5, 5.41) is 6.56. The molecule has 16 heavy (non-hydrogen) atoms. The van der Waals surface area contributed by atoms with Crippen molar-refractivity contribution in [3.63, 3.8) is 0 Å². The van der Waals surface area contributed by atoms with Crippen molar-refractivity contribution in [3.8, 4) is 0 Å². The molecule has 5 heteroatoms. The van der Waals surface area contributed by atoms with Crippen LogP contribution in [0.4, 0.5) is 5.95 Å². The highest BCUT2D eigenvalue weighted by Gasteiger charge is 2.23. The zero-order valence-electron chi connectivity index (χ0n) is 9.18. The maximum Gasteiger partial charge on any atom is 0.203 e. The Morgan fingerprint density at radius 2 is 2.56 bits per heavy atom. The Hall–Kier alpha value is -1.36. The molecule has 84 valence electrons. The van der Waals surface area contributed by atoms with Crippen LogP contribution in [-0.4, -0.2) is 21.1 Å². The highest BCUT2D eigenvalue weighted by atomic mass is 32.1. The third-order valence-corrected chi connectivity index (χ3v) is 3.79. The molecule has 0 fully saturated rings. The Labute approximate surface area is 98.4 Å². The highest BCUT2D eigenvalue weighted by molar-refractivity contribution is 7.09. The summed E-state index contributed by atoms with van der Waals surface area (Å²) >= 11 is 1.72. The molecule has 0 aliphatic carbocycles. The van der Waals surface area contributed by atoms with Crippen LogP contribution in [0.1, 0.15) is 30.1 Å². The number of imidazole rings is 1. The van der Waals surface area contributed by atoms with Crippen LogP contribution in [0.3, 0.4) is 0 Å². The van der Waals surface area contributed by atoms with E-state index in [1.165, 1.54) is 5.01 Å². The van der Waals surface area contributed by atoms with Crippen molar-refractivity contribution in [1.29, 1.82) is 0 Å². The molecule has 0 saturated carbocycles. The van der Waals surface area contributed by atoms with Crippen molar-refractivity contribution in [2.45, 2.75) is 25.8 Å². The predicted octanol–water partition coefficient (Wildman–Crippen LogP) is 2.31. The number of aryl methyl sites for hydroxylation is 1. The molecule has 0 spiro atoms. The number of fused-ring (bicyclic) bond motifs is 1. The largest absolute Gasteiger partial charge is 0.356 e. The Morgan fingerprint density at radius 1 is 1.62 bits per heavy atom. The average Bonchev–Trinajstić information content (AvgIpc) is 2.97. The topological polar surface area (TPSA) is 42.7 Å². The summed E-state index contributed by atoms with van der Waals surface area (Å²) in [6.07, 6.45) is 6.08. The molecular weight excluding hydrogens is 220 g/mol. The number of hydrogen-bond acceptors (Lipinski definition) is 4. The van der Waals surface area contributed by atoms with Gasteiger partial charge in [-0.2, -0.15) is 0 Å². The van der Waals surface area contributed by atoms with Gasteiger partial charge in [-0.05, 0) is 12.8 Å². The minimum atomic E-state index is 0.365. The Bertz CT molecular complexity index is 474. The van der Waals surface area contributed by atoms with Crippen LogP contribution < -0.4 is 5.32 Å². The van der Waals surface area contributed by atoms with E-state index in [9.17, 15) is 0 Å². The van der Waals surface area contributed by atoms with Gasteiger partial charge < -0.3 is 9.88 Å². The minimum absolute atomic E-state index is 0.365. The quantitative estimate of drug-likeness (QED) is 0.867. The molecule has 0 amide bonds. The van der Waals surface area contributed by atoms with Gasteiger partial charge in [0.2, 0.25) is 5.95 Å². The fraction of sp³-hybridized carbons (Fsp3) is 0.455. The first kappa shape index (κ1) is 9.84. The van der Waals surface area contributed by atoms with Crippen LogP contribution in [0.15, 0.2) is 17.8 Å². The summed E-state index contributed by atoms with van der Waals surface area (Å²) in [5.41, 5.74) is 1.14. The van der Waals surface area contributed by atoms with Crippen molar-refractivity contribution in [1.82, 2.24) is 14.5 Å². The number of aromatic nitrogens is 3. The lowest BCUT2D eigenvalue weighted by molar-refractivity contribution is 0.527. The maximum absolute atomic E-state index is 4.56. The van der Waals surface area contributed by atoms with E-state index in [1.807, 2.05) is 11.6 Å². The Morgan fingerprint density at radius 3 is 3.31 bits per heavy atom. The van der Waals surface area contributed by atoms with Gasteiger partial charge in [0, 0.05) is 24.3 Å². The van der Waals surface area contributed by atoms with Gasteiger partial charge in [0.15, 0.2) is 0 Å². The molecule has 2 aromatic rings. The van der Waals surface area contributed by atoms with Crippen molar-refractivity contribution in [3.05, 3.63) is 28.5 Å². The normalized spacial score (nSPS) is 19.2. The number of nitrogens with one attached hydrogen (secondary N) is 1. The van der Waals surface area contributed by atoms with Gasteiger partial charge in [0.05, 0.1) is 11.7 Å². The first-order chi connectivity index (χ1) is 7.88. The molecule has 2 aromatic heterocycles. The van der Waals surface area contributed by atoms with Crippen molar-refractivity contribution in [2.24, 2.45) is 0 Å². The van der Waals surface area contributed by atoms with E-state index in [0.29, 0.717) is 6.04 Å².